The number of hydrogen-bond donors (Lipinski definition) is 1. The molecule has 0 aliphatic heterocycles. The molecule has 0 saturated heterocycles. The molecule has 0 spiro atoms. The van der Waals surface area contributed by atoms with Crippen molar-refractivity contribution in [3.05, 3.63) is 47.1 Å². The number of amides is 1. The number of nitrogens with one attached hydrogen (secondary N) is 1. The average molecular weight is 405 g/mol. The lowest BCUT2D eigenvalue weighted by Gasteiger charge is -2.10. The molecule has 9 heteroatoms. The van der Waals surface area contributed by atoms with E-state index in [9.17, 15) is 4.79 Å². The molecule has 0 radical (unpaired) electrons. The molecule has 26 heavy (non-hydrogen) atoms. The van der Waals surface area contributed by atoms with Crippen molar-refractivity contribution in [1.82, 2.24) is 14.6 Å². The van der Waals surface area contributed by atoms with Crippen molar-refractivity contribution < 1.29 is 9.53 Å². The fraction of sp³-hybridized carbons (Fsp3) is 0.118. The number of aromatic nitrogens is 3. The van der Waals surface area contributed by atoms with Crippen LogP contribution in [0.2, 0.25) is 5.02 Å². The third kappa shape index (κ3) is 3.23. The van der Waals surface area contributed by atoms with Gasteiger partial charge in [-0.25, -0.2) is 0 Å². The first-order valence-electron chi connectivity index (χ1n) is 7.62. The van der Waals surface area contributed by atoms with E-state index in [0.717, 1.165) is 15.7 Å². The first-order chi connectivity index (χ1) is 12.7. The molecule has 1 aromatic carbocycles. The molecule has 6 nitrogen and oxygen atoms in total. The van der Waals surface area contributed by atoms with Gasteiger partial charge in [-0.3, -0.25) is 9.20 Å². The maximum Gasteiger partial charge on any atom is 0.234 e. The number of halogens is 1. The summed E-state index contributed by atoms with van der Waals surface area (Å²) in [5.41, 5.74) is 2.58. The van der Waals surface area contributed by atoms with Crippen LogP contribution in [0.4, 0.5) is 5.69 Å². The summed E-state index contributed by atoms with van der Waals surface area (Å²) in [6.07, 6.45) is 1.69. The molecule has 0 aliphatic carbocycles. The third-order valence-electron chi connectivity index (χ3n) is 3.77. The van der Waals surface area contributed by atoms with E-state index in [1.165, 1.54) is 11.8 Å². The number of methoxy groups -OCH3 is 1. The number of ether oxygens (including phenoxy) is 1. The molecule has 4 rings (SSSR count). The quantitative estimate of drug-likeness (QED) is 0.501. The standard InChI is InChI=1S/C17H13ClN4O2S2/c1-24-14-3-2-10(18)6-11(14)20-16(23)8-26-17-13-7-15-12(4-5-25-15)22(13)9-19-21-17/h2-7,9H,8H2,1H3,(H,20,23). The van der Waals surface area contributed by atoms with Crippen LogP contribution in [0.25, 0.3) is 15.7 Å². The highest BCUT2D eigenvalue weighted by atomic mass is 35.5. The Balaban J connectivity index is 1.51. The molecule has 3 heterocycles. The van der Waals surface area contributed by atoms with E-state index in [4.69, 9.17) is 16.3 Å². The van der Waals surface area contributed by atoms with E-state index >= 15 is 0 Å². The van der Waals surface area contributed by atoms with Gasteiger partial charge < -0.3 is 10.1 Å². The second-order valence-corrected chi connectivity index (χ2v) is 7.74. The van der Waals surface area contributed by atoms with Gasteiger partial charge in [-0.2, -0.15) is 0 Å². The van der Waals surface area contributed by atoms with E-state index in [-0.39, 0.29) is 11.7 Å². The number of benzene rings is 1. The summed E-state index contributed by atoms with van der Waals surface area (Å²) in [6.45, 7) is 0. The van der Waals surface area contributed by atoms with E-state index in [2.05, 4.69) is 21.6 Å². The van der Waals surface area contributed by atoms with Crippen molar-refractivity contribution in [2.75, 3.05) is 18.2 Å². The molecule has 3 aromatic heterocycles. The van der Waals surface area contributed by atoms with Gasteiger partial charge in [-0.05, 0) is 35.7 Å². The molecule has 0 atom stereocenters. The lowest BCUT2D eigenvalue weighted by Crippen LogP contribution is -2.15. The Morgan fingerprint density at radius 1 is 1.35 bits per heavy atom. The molecule has 0 unspecified atom stereocenters. The van der Waals surface area contributed by atoms with Gasteiger partial charge in [-0.1, -0.05) is 23.4 Å². The number of carbonyl (C=O) groups is 1. The summed E-state index contributed by atoms with van der Waals surface area (Å²) < 4.78 is 8.39. The Bertz CT molecular complexity index is 1110. The Morgan fingerprint density at radius 3 is 3.08 bits per heavy atom. The number of thioether (sulfide) groups is 1. The summed E-state index contributed by atoms with van der Waals surface area (Å²) in [5.74, 6) is 0.581. The fourth-order valence-electron chi connectivity index (χ4n) is 2.62. The molecule has 1 N–H and O–H groups in total. The van der Waals surface area contributed by atoms with Crippen LogP contribution in [-0.4, -0.2) is 33.4 Å². The van der Waals surface area contributed by atoms with Crippen LogP contribution >= 0.6 is 34.7 Å². The van der Waals surface area contributed by atoms with Crippen molar-refractivity contribution in [2.24, 2.45) is 0 Å². The van der Waals surface area contributed by atoms with Gasteiger partial charge >= 0.3 is 0 Å². The van der Waals surface area contributed by atoms with E-state index in [1.807, 2.05) is 15.8 Å². The fourth-order valence-corrected chi connectivity index (χ4v) is 4.35. The van der Waals surface area contributed by atoms with Crippen molar-refractivity contribution >= 4 is 62.0 Å². The van der Waals surface area contributed by atoms with E-state index < -0.39 is 0 Å². The van der Waals surface area contributed by atoms with Gasteiger partial charge in [0.1, 0.15) is 17.1 Å². The Hall–Kier alpha value is -2.29. The molecular formula is C17H13ClN4O2S2. The second kappa shape index (κ2) is 7.14. The number of hydrogen-bond acceptors (Lipinski definition) is 6. The Labute approximate surface area is 162 Å². The predicted molar refractivity (Wildman–Crippen MR) is 106 cm³/mol. The maximum absolute atomic E-state index is 12.3. The minimum Gasteiger partial charge on any atom is -0.495 e. The van der Waals surface area contributed by atoms with Crippen molar-refractivity contribution in [3.8, 4) is 5.75 Å². The Morgan fingerprint density at radius 2 is 2.23 bits per heavy atom. The largest absolute Gasteiger partial charge is 0.495 e. The molecular weight excluding hydrogens is 392 g/mol. The monoisotopic (exact) mass is 404 g/mol. The molecule has 1 amide bonds. The zero-order valence-electron chi connectivity index (χ0n) is 13.6. The normalized spacial score (nSPS) is 11.2. The van der Waals surface area contributed by atoms with Gasteiger partial charge in [0.15, 0.2) is 0 Å². The van der Waals surface area contributed by atoms with Gasteiger partial charge in [-0.15, -0.1) is 21.5 Å². The lowest BCUT2D eigenvalue weighted by molar-refractivity contribution is -0.113. The van der Waals surface area contributed by atoms with Crippen LogP contribution in [0.5, 0.6) is 5.75 Å². The van der Waals surface area contributed by atoms with Gasteiger partial charge in [0.05, 0.1) is 34.3 Å². The summed E-state index contributed by atoms with van der Waals surface area (Å²) in [5, 5.41) is 14.3. The highest BCUT2D eigenvalue weighted by Crippen LogP contribution is 2.31. The highest BCUT2D eigenvalue weighted by molar-refractivity contribution is 8.00. The summed E-state index contributed by atoms with van der Waals surface area (Å²) in [4.78, 5) is 12.3. The minimum atomic E-state index is -0.173. The van der Waals surface area contributed by atoms with Gasteiger partial charge in [0.2, 0.25) is 5.91 Å². The zero-order chi connectivity index (χ0) is 18.1. The Kier molecular flexibility index (Phi) is 4.71. The van der Waals surface area contributed by atoms with Crippen LogP contribution in [0, 0.1) is 0 Å². The van der Waals surface area contributed by atoms with Crippen LogP contribution in [0.15, 0.2) is 47.1 Å². The molecule has 4 aromatic rings. The average Bonchev–Trinajstić information content (AvgIpc) is 3.22. The lowest BCUT2D eigenvalue weighted by atomic mass is 10.3. The number of fused-ring (bicyclic) bond motifs is 3. The van der Waals surface area contributed by atoms with Gasteiger partial charge in [0, 0.05) is 5.02 Å². The number of carbonyl (C=O) groups excluding carboxylic acids is 1. The minimum absolute atomic E-state index is 0.173. The predicted octanol–water partition coefficient (Wildman–Crippen LogP) is 4.34. The SMILES string of the molecule is COc1ccc(Cl)cc1NC(=O)CSc1nncn2c1cc1sccc12. The van der Waals surface area contributed by atoms with E-state index in [1.54, 1.807) is 43.0 Å². The molecule has 0 saturated carbocycles. The van der Waals surface area contributed by atoms with Crippen LogP contribution in [-0.2, 0) is 4.79 Å². The topological polar surface area (TPSA) is 68.5 Å². The second-order valence-electron chi connectivity index (χ2n) is 5.39. The van der Waals surface area contributed by atoms with Crippen molar-refractivity contribution in [2.45, 2.75) is 5.03 Å². The summed E-state index contributed by atoms with van der Waals surface area (Å²) in [6, 6.07) is 9.19. The maximum atomic E-state index is 12.3. The highest BCUT2D eigenvalue weighted by Gasteiger charge is 2.13. The number of anilines is 1. The summed E-state index contributed by atoms with van der Waals surface area (Å²) >= 11 is 8.99. The molecule has 0 aliphatic rings. The number of rotatable bonds is 5. The van der Waals surface area contributed by atoms with E-state index in [0.29, 0.717) is 21.5 Å². The van der Waals surface area contributed by atoms with Crippen LogP contribution in [0.3, 0.4) is 0 Å². The number of thiophene rings is 1. The number of nitrogens with zero attached hydrogens (tertiary/aromatic N) is 3. The van der Waals surface area contributed by atoms with Crippen LogP contribution < -0.4 is 10.1 Å². The van der Waals surface area contributed by atoms with Crippen molar-refractivity contribution in [1.29, 1.82) is 0 Å². The van der Waals surface area contributed by atoms with Crippen LogP contribution in [0.1, 0.15) is 0 Å². The zero-order valence-corrected chi connectivity index (χ0v) is 16.0. The third-order valence-corrected chi connectivity index (χ3v) is 5.83. The molecule has 0 bridgehead atoms. The first-order valence-corrected chi connectivity index (χ1v) is 9.86. The summed E-state index contributed by atoms with van der Waals surface area (Å²) in [7, 11) is 1.54. The molecule has 0 fully saturated rings. The van der Waals surface area contributed by atoms with Gasteiger partial charge in [0.25, 0.3) is 0 Å². The first kappa shape index (κ1) is 17.1. The smallest absolute Gasteiger partial charge is 0.234 e. The van der Waals surface area contributed by atoms with Crippen molar-refractivity contribution in [3.63, 3.8) is 0 Å². The molecule has 132 valence electrons.